The molecule has 0 spiro atoms. The number of hydrogen-bond acceptors (Lipinski definition) is 4. The molecule has 1 saturated heterocycles. The summed E-state index contributed by atoms with van der Waals surface area (Å²) >= 11 is 1.17. The van der Waals surface area contributed by atoms with E-state index in [1.54, 1.807) is 12.1 Å². The van der Waals surface area contributed by atoms with Crippen molar-refractivity contribution in [1.29, 1.82) is 0 Å². The van der Waals surface area contributed by atoms with Gasteiger partial charge in [-0.1, -0.05) is 36.7 Å². The van der Waals surface area contributed by atoms with E-state index in [0.717, 1.165) is 31.2 Å². The van der Waals surface area contributed by atoms with Crippen molar-refractivity contribution in [2.75, 3.05) is 12.3 Å². The van der Waals surface area contributed by atoms with E-state index < -0.39 is 0 Å². The molecule has 0 aromatic heterocycles. The molecule has 1 saturated carbocycles. The summed E-state index contributed by atoms with van der Waals surface area (Å²) in [7, 11) is 0. The van der Waals surface area contributed by atoms with Gasteiger partial charge in [-0.15, -0.1) is 0 Å². The molecule has 0 bridgehead atoms. The molecule has 1 heterocycles. The Bertz CT molecular complexity index is 674. The third-order valence-corrected chi connectivity index (χ3v) is 5.92. The Morgan fingerprint density at radius 3 is 2.50 bits per heavy atom. The minimum absolute atomic E-state index is 0.0143. The van der Waals surface area contributed by atoms with Crippen molar-refractivity contribution in [3.63, 3.8) is 0 Å². The van der Waals surface area contributed by atoms with Gasteiger partial charge in [0.25, 0.3) is 0 Å². The van der Waals surface area contributed by atoms with Gasteiger partial charge in [0.05, 0.1) is 12.5 Å². The largest absolute Gasteiger partial charge is 0.352 e. The number of thioether (sulfide) groups is 1. The summed E-state index contributed by atoms with van der Waals surface area (Å²) in [5.74, 6) is -0.629. The lowest BCUT2D eigenvalue weighted by Crippen LogP contribution is -2.45. The SMILES string of the molecule is O=C(CN(Cc1ccc(F)cc1)C(=O)C1CSC(=O)C1)NC1CCCC1. The summed E-state index contributed by atoms with van der Waals surface area (Å²) < 4.78 is 13.1. The first kappa shape index (κ1) is 18.9. The average Bonchev–Trinajstić information content (AvgIpc) is 3.27. The fourth-order valence-corrected chi connectivity index (χ4v) is 4.43. The van der Waals surface area contributed by atoms with E-state index in [-0.39, 0.29) is 54.2 Å². The predicted molar refractivity (Wildman–Crippen MR) is 97.8 cm³/mol. The molecule has 1 aliphatic heterocycles. The molecule has 140 valence electrons. The minimum atomic E-state index is -0.382. The van der Waals surface area contributed by atoms with Gasteiger partial charge in [-0.25, -0.2) is 4.39 Å². The van der Waals surface area contributed by atoms with Crippen LogP contribution >= 0.6 is 11.8 Å². The number of rotatable bonds is 6. The maximum absolute atomic E-state index is 13.1. The van der Waals surface area contributed by atoms with E-state index in [9.17, 15) is 18.8 Å². The first-order chi connectivity index (χ1) is 12.5. The van der Waals surface area contributed by atoms with Gasteiger partial charge >= 0.3 is 0 Å². The highest BCUT2D eigenvalue weighted by atomic mass is 32.2. The zero-order valence-electron chi connectivity index (χ0n) is 14.6. The normalized spacial score (nSPS) is 20.3. The zero-order valence-corrected chi connectivity index (χ0v) is 15.4. The number of halogens is 1. The van der Waals surface area contributed by atoms with Gasteiger partial charge in [0.15, 0.2) is 5.12 Å². The Morgan fingerprint density at radius 1 is 1.19 bits per heavy atom. The molecular weight excluding hydrogens is 355 g/mol. The molecule has 2 amide bonds. The summed E-state index contributed by atoms with van der Waals surface area (Å²) in [4.78, 5) is 38.2. The van der Waals surface area contributed by atoms with Crippen LogP contribution in [0, 0.1) is 11.7 Å². The molecule has 26 heavy (non-hydrogen) atoms. The summed E-state index contributed by atoms with van der Waals surface area (Å²) in [6.45, 7) is 0.189. The van der Waals surface area contributed by atoms with Crippen LogP contribution in [0.25, 0.3) is 0 Å². The molecule has 1 aromatic carbocycles. The molecule has 0 radical (unpaired) electrons. The van der Waals surface area contributed by atoms with Crippen LogP contribution in [0.5, 0.6) is 0 Å². The van der Waals surface area contributed by atoms with Crippen LogP contribution in [0.15, 0.2) is 24.3 Å². The number of amides is 2. The second-order valence-corrected chi connectivity index (χ2v) is 8.03. The molecule has 2 fully saturated rings. The topological polar surface area (TPSA) is 66.5 Å². The highest BCUT2D eigenvalue weighted by Gasteiger charge is 2.33. The Morgan fingerprint density at radius 2 is 1.88 bits per heavy atom. The maximum atomic E-state index is 13.1. The Balaban J connectivity index is 1.67. The number of nitrogens with one attached hydrogen (secondary N) is 1. The molecule has 1 atom stereocenters. The van der Waals surface area contributed by atoms with Gasteiger partial charge < -0.3 is 10.2 Å². The summed E-state index contributed by atoms with van der Waals surface area (Å²) in [5, 5.41) is 3.01. The molecule has 7 heteroatoms. The van der Waals surface area contributed by atoms with Crippen molar-refractivity contribution in [2.24, 2.45) is 5.92 Å². The highest BCUT2D eigenvalue weighted by molar-refractivity contribution is 8.14. The fraction of sp³-hybridized carbons (Fsp3) is 0.526. The third kappa shape index (κ3) is 5.06. The van der Waals surface area contributed by atoms with Crippen LogP contribution in [-0.4, -0.2) is 40.2 Å². The minimum Gasteiger partial charge on any atom is -0.352 e. The number of nitrogens with zero attached hydrogens (tertiary/aromatic N) is 1. The summed E-state index contributed by atoms with van der Waals surface area (Å²) in [6, 6.07) is 6.09. The molecule has 1 aliphatic carbocycles. The number of benzene rings is 1. The molecular formula is C19H23FN2O3S. The summed E-state index contributed by atoms with van der Waals surface area (Å²) in [6.07, 6.45) is 4.40. The van der Waals surface area contributed by atoms with Gasteiger partial charge in [-0.05, 0) is 30.5 Å². The first-order valence-corrected chi connectivity index (χ1v) is 9.98. The van der Waals surface area contributed by atoms with Crippen LogP contribution < -0.4 is 5.32 Å². The smallest absolute Gasteiger partial charge is 0.239 e. The molecule has 1 N–H and O–H groups in total. The van der Waals surface area contributed by atoms with E-state index in [1.165, 1.54) is 28.8 Å². The second kappa shape index (κ2) is 8.66. The maximum Gasteiger partial charge on any atom is 0.239 e. The third-order valence-electron chi connectivity index (χ3n) is 4.86. The van der Waals surface area contributed by atoms with Gasteiger partial charge in [0.2, 0.25) is 11.8 Å². The average molecular weight is 378 g/mol. The van der Waals surface area contributed by atoms with E-state index in [2.05, 4.69) is 5.32 Å². The predicted octanol–water partition coefficient (Wildman–Crippen LogP) is 2.49. The van der Waals surface area contributed by atoms with Crippen molar-refractivity contribution in [1.82, 2.24) is 10.2 Å². The van der Waals surface area contributed by atoms with Crippen molar-refractivity contribution in [3.8, 4) is 0 Å². The van der Waals surface area contributed by atoms with Crippen molar-refractivity contribution >= 4 is 28.7 Å². The van der Waals surface area contributed by atoms with Crippen LogP contribution in [0.3, 0.4) is 0 Å². The lowest BCUT2D eigenvalue weighted by Gasteiger charge is -2.25. The monoisotopic (exact) mass is 378 g/mol. The van der Waals surface area contributed by atoms with Crippen LogP contribution in [0.2, 0.25) is 0 Å². The number of hydrogen-bond donors (Lipinski definition) is 1. The summed E-state index contributed by atoms with van der Waals surface area (Å²) in [5.41, 5.74) is 0.755. The van der Waals surface area contributed by atoms with Gasteiger partial charge in [-0.3, -0.25) is 14.4 Å². The van der Waals surface area contributed by atoms with E-state index in [0.29, 0.717) is 5.75 Å². The Labute approximate surface area is 156 Å². The van der Waals surface area contributed by atoms with Gasteiger partial charge in [-0.2, -0.15) is 0 Å². The second-order valence-electron chi connectivity index (χ2n) is 6.95. The standard InChI is InChI=1S/C19H23FN2O3S/c20-15-7-5-13(6-8-15)10-22(19(25)14-9-18(24)26-12-14)11-17(23)21-16-3-1-2-4-16/h5-8,14,16H,1-4,9-12H2,(H,21,23). The van der Waals surface area contributed by atoms with Crippen molar-refractivity contribution in [2.45, 2.75) is 44.7 Å². The van der Waals surface area contributed by atoms with Gasteiger partial charge in [0, 0.05) is 24.8 Å². The van der Waals surface area contributed by atoms with Gasteiger partial charge in [0.1, 0.15) is 5.82 Å². The lowest BCUT2D eigenvalue weighted by atomic mass is 10.1. The lowest BCUT2D eigenvalue weighted by molar-refractivity contribution is -0.140. The number of carbonyl (C=O) groups excluding carboxylic acids is 3. The van der Waals surface area contributed by atoms with Crippen molar-refractivity contribution in [3.05, 3.63) is 35.6 Å². The molecule has 3 rings (SSSR count). The van der Waals surface area contributed by atoms with Crippen molar-refractivity contribution < 1.29 is 18.8 Å². The van der Waals surface area contributed by atoms with E-state index in [4.69, 9.17) is 0 Å². The molecule has 1 aromatic rings. The number of carbonyl (C=O) groups is 3. The fourth-order valence-electron chi connectivity index (χ4n) is 3.47. The molecule has 5 nitrogen and oxygen atoms in total. The molecule has 2 aliphatic rings. The Kier molecular flexibility index (Phi) is 6.29. The van der Waals surface area contributed by atoms with Crippen LogP contribution in [0.4, 0.5) is 4.39 Å². The highest BCUT2D eigenvalue weighted by Crippen LogP contribution is 2.27. The van der Waals surface area contributed by atoms with Crippen LogP contribution in [-0.2, 0) is 20.9 Å². The first-order valence-electron chi connectivity index (χ1n) is 8.99. The Hall–Kier alpha value is -1.89. The van der Waals surface area contributed by atoms with E-state index >= 15 is 0 Å². The zero-order chi connectivity index (χ0) is 18.5. The molecule has 1 unspecified atom stereocenters. The van der Waals surface area contributed by atoms with E-state index in [1.807, 2.05) is 0 Å². The quantitative estimate of drug-likeness (QED) is 0.826. The van der Waals surface area contributed by atoms with Crippen LogP contribution in [0.1, 0.15) is 37.7 Å².